The Balaban J connectivity index is 1.35. The Labute approximate surface area is 162 Å². The molecule has 0 atom stereocenters. The molecule has 0 saturated carbocycles. The van der Waals surface area contributed by atoms with Crippen molar-refractivity contribution in [1.29, 1.82) is 0 Å². The van der Waals surface area contributed by atoms with Crippen LogP contribution in [0.15, 0.2) is 12.1 Å². The summed E-state index contributed by atoms with van der Waals surface area (Å²) < 4.78 is 28.6. The molecule has 150 valence electrons. The first-order chi connectivity index (χ1) is 13.1. The van der Waals surface area contributed by atoms with Gasteiger partial charge in [-0.1, -0.05) is 12.8 Å². The predicted octanol–water partition coefficient (Wildman–Crippen LogP) is 1.32. The Morgan fingerprint density at radius 1 is 0.593 bits per heavy atom. The van der Waals surface area contributed by atoms with Crippen LogP contribution in [0.4, 0.5) is 11.6 Å². The van der Waals surface area contributed by atoms with Crippen molar-refractivity contribution in [2.75, 3.05) is 62.2 Å². The molecule has 27 heavy (non-hydrogen) atoms. The molecule has 9 heteroatoms. The molecule has 0 amide bonds. The van der Waals surface area contributed by atoms with Gasteiger partial charge in [-0.05, 0) is 37.8 Å². The molecule has 4 rings (SSSR count). The van der Waals surface area contributed by atoms with Crippen molar-refractivity contribution in [3.05, 3.63) is 12.1 Å². The first-order valence-electron chi connectivity index (χ1n) is 10.2. The zero-order valence-electron chi connectivity index (χ0n) is 16.0. The van der Waals surface area contributed by atoms with Crippen LogP contribution in [0.2, 0.25) is 0 Å². The van der Waals surface area contributed by atoms with Crippen molar-refractivity contribution < 1.29 is 8.42 Å². The van der Waals surface area contributed by atoms with Crippen LogP contribution >= 0.6 is 0 Å². The molecular formula is C18H30N6O2S. The maximum atomic E-state index is 12.7. The number of rotatable bonds is 4. The number of hydrogen-bond donors (Lipinski definition) is 0. The lowest BCUT2D eigenvalue weighted by Crippen LogP contribution is -2.52. The first kappa shape index (κ1) is 18.9. The molecule has 3 aliphatic rings. The van der Waals surface area contributed by atoms with E-state index in [9.17, 15) is 8.42 Å². The van der Waals surface area contributed by atoms with Crippen LogP contribution < -0.4 is 9.80 Å². The van der Waals surface area contributed by atoms with Gasteiger partial charge in [-0.3, -0.25) is 0 Å². The van der Waals surface area contributed by atoms with E-state index in [0.29, 0.717) is 39.3 Å². The van der Waals surface area contributed by atoms with E-state index in [-0.39, 0.29) is 0 Å². The third-order valence-electron chi connectivity index (χ3n) is 5.85. The number of anilines is 2. The molecule has 0 N–H and O–H groups in total. The lowest BCUT2D eigenvalue weighted by molar-refractivity contribution is 0.343. The topological polar surface area (TPSA) is 72.9 Å². The van der Waals surface area contributed by atoms with Gasteiger partial charge in [0, 0.05) is 52.4 Å². The smallest absolute Gasteiger partial charge is 0.282 e. The number of hydrogen-bond acceptors (Lipinski definition) is 6. The van der Waals surface area contributed by atoms with Gasteiger partial charge in [0.1, 0.15) is 0 Å². The molecule has 0 radical (unpaired) electrons. The number of aromatic nitrogens is 2. The highest BCUT2D eigenvalue weighted by Crippen LogP contribution is 2.22. The summed E-state index contributed by atoms with van der Waals surface area (Å²) in [5, 5.41) is 8.87. The summed E-state index contributed by atoms with van der Waals surface area (Å²) >= 11 is 0. The summed E-state index contributed by atoms with van der Waals surface area (Å²) in [7, 11) is -3.29. The number of piperazine rings is 1. The standard InChI is InChI=1S/C18H30N6O2S/c25-27(26,23-11-5-6-12-23)24-15-13-22(14-16-24)18-8-7-17(19-20-18)21-9-3-1-2-4-10-21/h7-8H,1-6,9-16H2. The summed E-state index contributed by atoms with van der Waals surface area (Å²) in [4.78, 5) is 4.46. The molecule has 1 aromatic heterocycles. The minimum atomic E-state index is -3.29. The van der Waals surface area contributed by atoms with Crippen LogP contribution in [0.25, 0.3) is 0 Å². The molecule has 4 heterocycles. The Morgan fingerprint density at radius 3 is 1.56 bits per heavy atom. The van der Waals surface area contributed by atoms with Gasteiger partial charge in [0.05, 0.1) is 0 Å². The minimum Gasteiger partial charge on any atom is -0.355 e. The molecule has 3 aliphatic heterocycles. The maximum Gasteiger partial charge on any atom is 0.282 e. The molecule has 0 unspecified atom stereocenters. The van der Waals surface area contributed by atoms with Crippen LogP contribution in [0.1, 0.15) is 38.5 Å². The van der Waals surface area contributed by atoms with Gasteiger partial charge in [-0.15, -0.1) is 10.2 Å². The molecule has 3 fully saturated rings. The average molecular weight is 395 g/mol. The van der Waals surface area contributed by atoms with E-state index < -0.39 is 10.2 Å². The van der Waals surface area contributed by atoms with Crippen molar-refractivity contribution in [3.63, 3.8) is 0 Å². The summed E-state index contributed by atoms with van der Waals surface area (Å²) in [6.45, 7) is 5.76. The van der Waals surface area contributed by atoms with Crippen LogP contribution in [0.3, 0.4) is 0 Å². The summed E-state index contributed by atoms with van der Waals surface area (Å²) in [5.41, 5.74) is 0. The molecule has 0 aromatic carbocycles. The highest BCUT2D eigenvalue weighted by molar-refractivity contribution is 7.86. The van der Waals surface area contributed by atoms with E-state index in [1.54, 1.807) is 8.61 Å². The normalized spacial score (nSPS) is 23.6. The van der Waals surface area contributed by atoms with Crippen LogP contribution in [0.5, 0.6) is 0 Å². The van der Waals surface area contributed by atoms with Gasteiger partial charge in [0.25, 0.3) is 10.2 Å². The van der Waals surface area contributed by atoms with Gasteiger partial charge in [0.2, 0.25) is 0 Å². The van der Waals surface area contributed by atoms with E-state index >= 15 is 0 Å². The maximum absolute atomic E-state index is 12.7. The second kappa shape index (κ2) is 8.28. The fourth-order valence-corrected chi connectivity index (χ4v) is 5.86. The second-order valence-electron chi connectivity index (χ2n) is 7.65. The van der Waals surface area contributed by atoms with Crippen molar-refractivity contribution >= 4 is 21.8 Å². The largest absolute Gasteiger partial charge is 0.355 e. The van der Waals surface area contributed by atoms with Crippen molar-refractivity contribution in [1.82, 2.24) is 18.8 Å². The summed E-state index contributed by atoms with van der Waals surface area (Å²) in [5.74, 6) is 1.79. The van der Waals surface area contributed by atoms with Gasteiger partial charge in [-0.25, -0.2) is 0 Å². The van der Waals surface area contributed by atoms with Crippen molar-refractivity contribution in [2.45, 2.75) is 38.5 Å². The van der Waals surface area contributed by atoms with E-state index in [1.165, 1.54) is 25.7 Å². The second-order valence-corrected chi connectivity index (χ2v) is 9.58. The van der Waals surface area contributed by atoms with E-state index in [2.05, 4.69) is 26.1 Å². The predicted molar refractivity (Wildman–Crippen MR) is 106 cm³/mol. The zero-order chi connectivity index (χ0) is 18.7. The van der Waals surface area contributed by atoms with Crippen LogP contribution in [-0.2, 0) is 10.2 Å². The Hall–Kier alpha value is -1.45. The Morgan fingerprint density at radius 2 is 1.04 bits per heavy atom. The fraction of sp³-hybridized carbons (Fsp3) is 0.778. The zero-order valence-corrected chi connectivity index (χ0v) is 16.8. The van der Waals surface area contributed by atoms with E-state index in [0.717, 1.165) is 37.6 Å². The summed E-state index contributed by atoms with van der Waals surface area (Å²) in [6.07, 6.45) is 6.98. The lowest BCUT2D eigenvalue weighted by atomic mass is 10.2. The third-order valence-corrected chi connectivity index (χ3v) is 7.88. The molecule has 0 aliphatic carbocycles. The average Bonchev–Trinajstić information content (AvgIpc) is 3.12. The minimum absolute atomic E-state index is 0.508. The third kappa shape index (κ3) is 4.20. The Kier molecular flexibility index (Phi) is 5.79. The molecule has 0 spiro atoms. The quantitative estimate of drug-likeness (QED) is 0.767. The van der Waals surface area contributed by atoms with Gasteiger partial charge in [-0.2, -0.15) is 17.0 Å². The van der Waals surface area contributed by atoms with Crippen LogP contribution in [0, 0.1) is 0 Å². The molecular weight excluding hydrogens is 364 g/mol. The SMILES string of the molecule is O=S(=O)(N1CCCC1)N1CCN(c2ccc(N3CCCCCC3)nn2)CC1. The molecule has 3 saturated heterocycles. The lowest BCUT2D eigenvalue weighted by Gasteiger charge is -2.36. The van der Waals surface area contributed by atoms with E-state index in [4.69, 9.17) is 0 Å². The van der Waals surface area contributed by atoms with Gasteiger partial charge in [0.15, 0.2) is 11.6 Å². The molecule has 1 aromatic rings. The van der Waals surface area contributed by atoms with E-state index in [1.807, 2.05) is 6.07 Å². The first-order valence-corrected chi connectivity index (χ1v) is 11.6. The molecule has 8 nitrogen and oxygen atoms in total. The monoisotopic (exact) mass is 394 g/mol. The number of nitrogens with zero attached hydrogens (tertiary/aromatic N) is 6. The highest BCUT2D eigenvalue weighted by Gasteiger charge is 2.34. The van der Waals surface area contributed by atoms with Gasteiger partial charge >= 0.3 is 0 Å². The van der Waals surface area contributed by atoms with Crippen LogP contribution in [-0.4, -0.2) is 79.6 Å². The highest BCUT2D eigenvalue weighted by atomic mass is 32.2. The molecule has 0 bridgehead atoms. The summed E-state index contributed by atoms with van der Waals surface area (Å²) in [6, 6.07) is 4.08. The van der Waals surface area contributed by atoms with Crippen molar-refractivity contribution in [3.8, 4) is 0 Å². The Bertz CT molecular complexity index is 704. The van der Waals surface area contributed by atoms with Gasteiger partial charge < -0.3 is 9.80 Å². The fourth-order valence-electron chi connectivity index (χ4n) is 4.19. The van der Waals surface area contributed by atoms with Crippen molar-refractivity contribution in [2.24, 2.45) is 0 Å².